The van der Waals surface area contributed by atoms with E-state index < -0.39 is 23.3 Å². The third-order valence-electron chi connectivity index (χ3n) is 6.63. The zero-order chi connectivity index (χ0) is 23.8. The summed E-state index contributed by atoms with van der Waals surface area (Å²) in [5.74, 6) is -0.225. The molecule has 1 fully saturated rings. The monoisotopic (exact) mass is 471 g/mol. The van der Waals surface area contributed by atoms with E-state index in [0.717, 1.165) is 48.5 Å². The van der Waals surface area contributed by atoms with Crippen LogP contribution in [0.3, 0.4) is 0 Å². The lowest BCUT2D eigenvalue weighted by Crippen LogP contribution is -2.42. The van der Waals surface area contributed by atoms with Crippen molar-refractivity contribution in [3.05, 3.63) is 59.9 Å². The molecule has 11 heteroatoms. The van der Waals surface area contributed by atoms with E-state index in [0.29, 0.717) is 18.9 Å². The number of aliphatic imine (C=N–C) groups is 2. The molecule has 8 nitrogen and oxygen atoms in total. The van der Waals surface area contributed by atoms with Gasteiger partial charge in [-0.1, -0.05) is 25.3 Å². The molecule has 0 spiro atoms. The first-order chi connectivity index (χ1) is 16.4. The van der Waals surface area contributed by atoms with Crippen LogP contribution in [0.15, 0.2) is 53.1 Å². The second-order valence-corrected chi connectivity index (χ2v) is 8.75. The highest BCUT2D eigenvalue weighted by molar-refractivity contribution is 6.42. The summed E-state index contributed by atoms with van der Waals surface area (Å²) < 4.78 is 42.5. The average molecular weight is 471 g/mol. The molecule has 3 aliphatic rings. The predicted molar refractivity (Wildman–Crippen MR) is 120 cm³/mol. The Morgan fingerprint density at radius 2 is 2.00 bits per heavy atom. The van der Waals surface area contributed by atoms with Gasteiger partial charge in [0.25, 0.3) is 5.91 Å². The lowest BCUT2D eigenvalue weighted by atomic mass is 9.70. The van der Waals surface area contributed by atoms with Gasteiger partial charge >= 0.3 is 6.18 Å². The van der Waals surface area contributed by atoms with E-state index in [4.69, 9.17) is 0 Å². The van der Waals surface area contributed by atoms with E-state index >= 15 is 0 Å². The first-order valence-electron chi connectivity index (χ1n) is 11.3. The van der Waals surface area contributed by atoms with Crippen LogP contribution in [0.5, 0.6) is 0 Å². The largest absolute Gasteiger partial charge is 0.435 e. The minimum Gasteiger partial charge on any atom is -0.351 e. The Balaban J connectivity index is 1.43. The molecule has 2 aliphatic heterocycles. The number of amidine groups is 1. The lowest BCUT2D eigenvalue weighted by molar-refractivity contribution is -0.141. The summed E-state index contributed by atoms with van der Waals surface area (Å²) in [5.41, 5.74) is -1.14. The van der Waals surface area contributed by atoms with Crippen LogP contribution in [0.2, 0.25) is 0 Å². The number of nitrogens with one attached hydrogen (secondary N) is 1. The zero-order valence-electron chi connectivity index (χ0n) is 18.4. The number of alkyl halides is 3. The quantitative estimate of drug-likeness (QED) is 0.741. The molecule has 2 aromatic heterocycles. The second kappa shape index (κ2) is 8.69. The summed E-state index contributed by atoms with van der Waals surface area (Å²) in [7, 11) is 0. The molecule has 0 aromatic carbocycles. The van der Waals surface area contributed by atoms with E-state index in [-0.39, 0.29) is 17.8 Å². The summed E-state index contributed by atoms with van der Waals surface area (Å²) in [6, 6.07) is 3.81. The third kappa shape index (κ3) is 4.10. The number of hydrogen-bond donors (Lipinski definition) is 1. The highest BCUT2D eigenvalue weighted by atomic mass is 19.4. The molecule has 0 bridgehead atoms. The second-order valence-electron chi connectivity index (χ2n) is 8.75. The molecule has 178 valence electrons. The van der Waals surface area contributed by atoms with Crippen molar-refractivity contribution in [2.24, 2.45) is 9.98 Å². The number of halogens is 3. The molecular formula is C23H24F3N7O. The van der Waals surface area contributed by atoms with Crippen molar-refractivity contribution in [3.8, 4) is 0 Å². The van der Waals surface area contributed by atoms with E-state index in [1.807, 2.05) is 12.1 Å². The van der Waals surface area contributed by atoms with Crippen molar-refractivity contribution < 1.29 is 18.0 Å². The number of hydrogen-bond acceptors (Lipinski definition) is 6. The van der Waals surface area contributed by atoms with Crippen LogP contribution in [-0.4, -0.2) is 56.9 Å². The SMILES string of the molecule is O=C(NCC1(c2cccnc2)CCCCC1)c1cn(C2=NC=CN3CCN=C23)nc1C(F)(F)F. The Morgan fingerprint density at radius 3 is 2.74 bits per heavy atom. The average Bonchev–Trinajstić information content (AvgIpc) is 3.51. The number of nitrogens with zero attached hydrogens (tertiary/aromatic N) is 6. The van der Waals surface area contributed by atoms with Crippen molar-refractivity contribution in [1.82, 2.24) is 25.0 Å². The number of carbonyl (C=O) groups is 1. The normalized spacial score (nSPS) is 19.4. The summed E-state index contributed by atoms with van der Waals surface area (Å²) >= 11 is 0. The molecular weight excluding hydrogens is 447 g/mol. The number of amides is 1. The van der Waals surface area contributed by atoms with Crippen molar-refractivity contribution in [2.45, 2.75) is 43.7 Å². The summed E-state index contributed by atoms with van der Waals surface area (Å²) in [4.78, 5) is 27.6. The first kappa shape index (κ1) is 22.3. The minimum atomic E-state index is -4.80. The number of pyridine rings is 1. The predicted octanol–water partition coefficient (Wildman–Crippen LogP) is 3.37. The van der Waals surface area contributed by atoms with E-state index in [9.17, 15) is 18.0 Å². The summed E-state index contributed by atoms with van der Waals surface area (Å²) in [5, 5.41) is 6.47. The fourth-order valence-corrected chi connectivity index (χ4v) is 4.88. The number of carbonyl (C=O) groups excluding carboxylic acids is 1. The molecule has 2 aromatic rings. The van der Waals surface area contributed by atoms with Gasteiger partial charge < -0.3 is 10.2 Å². The van der Waals surface area contributed by atoms with Crippen molar-refractivity contribution >= 4 is 17.6 Å². The van der Waals surface area contributed by atoms with Gasteiger partial charge in [0, 0.05) is 49.5 Å². The molecule has 0 atom stereocenters. The Bertz CT molecular complexity index is 1160. The van der Waals surface area contributed by atoms with Gasteiger partial charge in [-0.15, -0.1) is 0 Å². The van der Waals surface area contributed by atoms with E-state index in [1.165, 1.54) is 6.20 Å². The Morgan fingerprint density at radius 1 is 1.18 bits per heavy atom. The topological polar surface area (TPSA) is 87.8 Å². The Hall–Kier alpha value is -3.50. The van der Waals surface area contributed by atoms with Gasteiger partial charge in [-0.25, -0.2) is 9.67 Å². The van der Waals surface area contributed by atoms with Crippen LogP contribution in [-0.2, 0) is 11.6 Å². The number of rotatable bonds is 4. The van der Waals surface area contributed by atoms with E-state index in [2.05, 4.69) is 25.4 Å². The van der Waals surface area contributed by atoms with Crippen LogP contribution in [0.25, 0.3) is 0 Å². The highest BCUT2D eigenvalue weighted by Crippen LogP contribution is 2.39. The van der Waals surface area contributed by atoms with Crippen molar-refractivity contribution in [2.75, 3.05) is 19.6 Å². The van der Waals surface area contributed by atoms with Gasteiger partial charge in [-0.05, 0) is 24.5 Å². The Labute approximate surface area is 194 Å². The van der Waals surface area contributed by atoms with Crippen LogP contribution >= 0.6 is 0 Å². The first-order valence-corrected chi connectivity index (χ1v) is 11.3. The molecule has 1 aliphatic carbocycles. The Kier molecular flexibility index (Phi) is 5.70. The van der Waals surface area contributed by atoms with Crippen LogP contribution in [0.1, 0.15) is 53.7 Å². The van der Waals surface area contributed by atoms with Gasteiger partial charge in [-0.3, -0.25) is 14.8 Å². The van der Waals surface area contributed by atoms with E-state index in [1.54, 1.807) is 23.5 Å². The summed E-state index contributed by atoms with van der Waals surface area (Å²) in [6.07, 6.45) is 7.68. The van der Waals surface area contributed by atoms with Gasteiger partial charge in [-0.2, -0.15) is 18.3 Å². The minimum absolute atomic E-state index is 0.156. The van der Waals surface area contributed by atoms with Gasteiger partial charge in [0.05, 0.1) is 12.1 Å². The standard InChI is InChI=1S/C23H24F3N7O/c24-23(25,26)18-17(14-33(31-18)20-19-28-9-11-32(19)12-10-29-20)21(34)30-15-22(6-2-1-3-7-22)16-5-4-8-27-13-16/h4-5,8,10,12-14H,1-3,6-7,9,11,15H2,(H,30,34). The molecule has 0 radical (unpaired) electrons. The maximum atomic E-state index is 13.8. The maximum absolute atomic E-state index is 13.8. The molecule has 5 rings (SSSR count). The summed E-state index contributed by atoms with van der Waals surface area (Å²) in [6.45, 7) is 1.35. The molecule has 1 amide bonds. The smallest absolute Gasteiger partial charge is 0.351 e. The highest BCUT2D eigenvalue weighted by Gasteiger charge is 2.41. The number of aromatic nitrogens is 3. The number of fused-ring (bicyclic) bond motifs is 1. The van der Waals surface area contributed by atoms with Crippen LogP contribution in [0, 0.1) is 0 Å². The van der Waals surface area contributed by atoms with Crippen molar-refractivity contribution in [1.29, 1.82) is 0 Å². The lowest BCUT2D eigenvalue weighted by Gasteiger charge is -2.37. The maximum Gasteiger partial charge on any atom is 0.435 e. The fraction of sp³-hybridized carbons (Fsp3) is 0.435. The van der Waals surface area contributed by atoms with Gasteiger partial charge in [0.15, 0.2) is 17.4 Å². The van der Waals surface area contributed by atoms with Crippen LogP contribution < -0.4 is 5.32 Å². The van der Waals surface area contributed by atoms with Crippen molar-refractivity contribution in [3.63, 3.8) is 0 Å². The molecule has 34 heavy (non-hydrogen) atoms. The molecule has 0 unspecified atom stereocenters. The fourth-order valence-electron chi connectivity index (χ4n) is 4.88. The zero-order valence-corrected chi connectivity index (χ0v) is 18.4. The van der Waals surface area contributed by atoms with Gasteiger partial charge in [0.1, 0.15) is 0 Å². The molecule has 1 N–H and O–H groups in total. The third-order valence-corrected chi connectivity index (χ3v) is 6.63. The van der Waals surface area contributed by atoms with Crippen LogP contribution in [0.4, 0.5) is 13.2 Å². The molecule has 1 saturated carbocycles. The molecule has 0 saturated heterocycles. The molecule has 4 heterocycles. The van der Waals surface area contributed by atoms with Gasteiger partial charge in [0.2, 0.25) is 0 Å².